The van der Waals surface area contributed by atoms with Crippen LogP contribution in [0.15, 0.2) is 29.2 Å². The van der Waals surface area contributed by atoms with Gasteiger partial charge in [-0.2, -0.15) is 4.31 Å². The van der Waals surface area contributed by atoms with Gasteiger partial charge in [0, 0.05) is 41.3 Å². The third kappa shape index (κ3) is 4.54. The van der Waals surface area contributed by atoms with Crippen molar-refractivity contribution in [1.29, 1.82) is 0 Å². The molecule has 4 nitrogen and oxygen atoms in total. The lowest BCUT2D eigenvalue weighted by atomic mass is 10.1. The van der Waals surface area contributed by atoms with Crippen LogP contribution in [-0.2, 0) is 27.2 Å². The zero-order valence-corrected chi connectivity index (χ0v) is 15.1. The van der Waals surface area contributed by atoms with Gasteiger partial charge in [-0.3, -0.25) is 4.21 Å². The van der Waals surface area contributed by atoms with Gasteiger partial charge in [0.25, 0.3) is 0 Å². The van der Waals surface area contributed by atoms with Gasteiger partial charge in [0.2, 0.25) is 10.0 Å². The van der Waals surface area contributed by atoms with Gasteiger partial charge in [-0.25, -0.2) is 8.42 Å². The second-order valence-corrected chi connectivity index (χ2v) is 9.65. The summed E-state index contributed by atoms with van der Waals surface area (Å²) in [6.45, 7) is 2.70. The molecular formula is C15H22ClNO3S2. The molecule has 1 saturated heterocycles. The van der Waals surface area contributed by atoms with Crippen molar-refractivity contribution in [2.45, 2.75) is 24.7 Å². The lowest BCUT2D eigenvalue weighted by Gasteiger charge is -2.21. The molecule has 0 unspecified atom stereocenters. The Balaban J connectivity index is 2.16. The summed E-state index contributed by atoms with van der Waals surface area (Å²) in [5.41, 5.74) is 1.09. The van der Waals surface area contributed by atoms with Gasteiger partial charge < -0.3 is 0 Å². The molecule has 1 fully saturated rings. The first kappa shape index (κ1) is 17.9. The van der Waals surface area contributed by atoms with Gasteiger partial charge in [-0.05, 0) is 36.5 Å². The summed E-state index contributed by atoms with van der Waals surface area (Å²) in [7, 11) is -4.43. The van der Waals surface area contributed by atoms with Crippen molar-refractivity contribution >= 4 is 32.4 Å². The van der Waals surface area contributed by atoms with Crippen molar-refractivity contribution in [2.24, 2.45) is 5.92 Å². The minimum Gasteiger partial charge on any atom is -0.260 e. The molecule has 124 valence electrons. The molecule has 2 rings (SSSR count). The van der Waals surface area contributed by atoms with Gasteiger partial charge in [0.1, 0.15) is 0 Å². The van der Waals surface area contributed by atoms with Crippen LogP contribution in [0.1, 0.15) is 18.9 Å². The first-order valence-electron chi connectivity index (χ1n) is 7.43. The predicted molar refractivity (Wildman–Crippen MR) is 91.3 cm³/mol. The third-order valence-corrected chi connectivity index (χ3v) is 7.44. The number of hydrogen-bond donors (Lipinski definition) is 0. The van der Waals surface area contributed by atoms with Gasteiger partial charge >= 0.3 is 0 Å². The molecule has 1 aliphatic heterocycles. The quantitative estimate of drug-likeness (QED) is 0.754. The smallest absolute Gasteiger partial charge is 0.243 e. The van der Waals surface area contributed by atoms with Gasteiger partial charge in [0.05, 0.1) is 4.90 Å². The normalized spacial score (nSPS) is 24.1. The Kier molecular flexibility index (Phi) is 6.44. The van der Waals surface area contributed by atoms with Crippen molar-refractivity contribution in [3.8, 4) is 0 Å². The second kappa shape index (κ2) is 7.90. The molecule has 0 radical (unpaired) electrons. The first-order chi connectivity index (χ1) is 10.4. The Morgan fingerprint density at radius 1 is 1.32 bits per heavy atom. The zero-order valence-electron chi connectivity index (χ0n) is 12.7. The van der Waals surface area contributed by atoms with E-state index in [0.717, 1.165) is 18.4 Å². The van der Waals surface area contributed by atoms with Gasteiger partial charge in [-0.15, -0.1) is 11.6 Å². The Morgan fingerprint density at radius 3 is 2.64 bits per heavy atom. The molecule has 1 aliphatic rings. The van der Waals surface area contributed by atoms with Crippen LogP contribution in [0.2, 0.25) is 0 Å². The minimum atomic E-state index is -3.51. The average molecular weight is 364 g/mol. The number of aryl methyl sites for hydroxylation is 1. The van der Waals surface area contributed by atoms with Gasteiger partial charge in [0.15, 0.2) is 0 Å². The number of rotatable bonds is 5. The summed E-state index contributed by atoms with van der Waals surface area (Å²) in [6, 6.07) is 7.01. The molecule has 1 heterocycles. The molecule has 0 amide bonds. The highest BCUT2D eigenvalue weighted by Crippen LogP contribution is 2.20. The maximum Gasteiger partial charge on any atom is 0.243 e. The van der Waals surface area contributed by atoms with Crippen molar-refractivity contribution in [3.63, 3.8) is 0 Å². The molecule has 7 heteroatoms. The van der Waals surface area contributed by atoms with Crippen LogP contribution in [0.25, 0.3) is 0 Å². The van der Waals surface area contributed by atoms with E-state index in [-0.39, 0.29) is 5.92 Å². The first-order valence-corrected chi connectivity index (χ1v) is 10.9. The third-order valence-electron chi connectivity index (χ3n) is 3.71. The fourth-order valence-electron chi connectivity index (χ4n) is 2.56. The van der Waals surface area contributed by atoms with Crippen LogP contribution in [0.3, 0.4) is 0 Å². The van der Waals surface area contributed by atoms with E-state index in [4.69, 9.17) is 11.6 Å². The van der Waals surface area contributed by atoms with Crippen LogP contribution in [0, 0.1) is 5.92 Å². The number of alkyl halides is 1. The number of nitrogens with zero attached hydrogens (tertiary/aromatic N) is 1. The number of hydrogen-bond acceptors (Lipinski definition) is 3. The van der Waals surface area contributed by atoms with Crippen LogP contribution < -0.4 is 0 Å². The summed E-state index contributed by atoms with van der Waals surface area (Å²) in [6.07, 6.45) is 1.73. The molecule has 0 spiro atoms. The molecular weight excluding hydrogens is 342 g/mol. The van der Waals surface area contributed by atoms with Crippen molar-refractivity contribution < 1.29 is 12.6 Å². The standard InChI is InChI=1S/C15H22ClNO3S2/c1-13-11-17(9-10-21(18)12-13)22(19,20)15-6-4-14(5-7-15)3-2-8-16/h4-7,13H,2-3,8-12H2,1H3/t13-,21+/m1/s1. The molecule has 0 bridgehead atoms. The Bertz CT molecular complexity index is 616. The molecule has 0 aliphatic carbocycles. The number of halogens is 1. The summed E-state index contributed by atoms with van der Waals surface area (Å²) >= 11 is 5.67. The maximum atomic E-state index is 12.7. The van der Waals surface area contributed by atoms with Crippen LogP contribution >= 0.6 is 11.6 Å². The fourth-order valence-corrected chi connectivity index (χ4v) is 5.70. The highest BCUT2D eigenvalue weighted by molar-refractivity contribution is 7.89. The average Bonchev–Trinajstić information content (AvgIpc) is 2.66. The molecule has 2 atom stereocenters. The van der Waals surface area contributed by atoms with E-state index in [1.54, 1.807) is 12.1 Å². The summed E-state index contributed by atoms with van der Waals surface area (Å²) < 4.78 is 38.6. The van der Waals surface area contributed by atoms with E-state index in [1.807, 2.05) is 19.1 Å². The van der Waals surface area contributed by atoms with E-state index >= 15 is 0 Å². The number of benzene rings is 1. The van der Waals surface area contributed by atoms with E-state index in [2.05, 4.69) is 0 Å². The van der Waals surface area contributed by atoms with E-state index < -0.39 is 20.8 Å². The van der Waals surface area contributed by atoms with Crippen molar-refractivity contribution in [3.05, 3.63) is 29.8 Å². The lowest BCUT2D eigenvalue weighted by molar-refractivity contribution is 0.392. The fraction of sp³-hybridized carbons (Fsp3) is 0.600. The van der Waals surface area contributed by atoms with E-state index in [1.165, 1.54) is 4.31 Å². The Morgan fingerprint density at radius 2 is 2.00 bits per heavy atom. The summed E-state index contributed by atoms with van der Waals surface area (Å²) in [5, 5.41) is 0. The number of sulfonamides is 1. The summed E-state index contributed by atoms with van der Waals surface area (Å²) in [5.74, 6) is 1.70. The van der Waals surface area contributed by atoms with Gasteiger partial charge in [-0.1, -0.05) is 19.1 Å². The highest BCUT2D eigenvalue weighted by Gasteiger charge is 2.29. The minimum absolute atomic E-state index is 0.112. The highest BCUT2D eigenvalue weighted by atomic mass is 35.5. The Hall–Kier alpha value is -0.430. The SMILES string of the molecule is C[C@@H]1CN(S(=O)(=O)c2ccc(CCCCl)cc2)CC[S@](=O)C1. The largest absolute Gasteiger partial charge is 0.260 e. The Labute approximate surface area is 140 Å². The topological polar surface area (TPSA) is 54.5 Å². The second-order valence-electron chi connectivity index (χ2n) is 5.72. The van der Waals surface area contributed by atoms with Crippen LogP contribution in [-0.4, -0.2) is 47.4 Å². The molecule has 0 aromatic heterocycles. The van der Waals surface area contributed by atoms with Crippen LogP contribution in [0.4, 0.5) is 0 Å². The van der Waals surface area contributed by atoms with E-state index in [0.29, 0.717) is 35.4 Å². The lowest BCUT2D eigenvalue weighted by Crippen LogP contribution is -2.35. The molecule has 1 aromatic rings. The molecule has 0 N–H and O–H groups in total. The zero-order chi connectivity index (χ0) is 16.2. The molecule has 22 heavy (non-hydrogen) atoms. The van der Waals surface area contributed by atoms with Crippen LogP contribution in [0.5, 0.6) is 0 Å². The summed E-state index contributed by atoms with van der Waals surface area (Å²) in [4.78, 5) is 0.307. The molecule has 1 aromatic carbocycles. The van der Waals surface area contributed by atoms with E-state index in [9.17, 15) is 12.6 Å². The maximum absolute atomic E-state index is 12.7. The molecule has 0 saturated carbocycles. The predicted octanol–water partition coefficient (Wildman–Crippen LogP) is 2.25. The van der Waals surface area contributed by atoms with Crippen molar-refractivity contribution in [2.75, 3.05) is 30.5 Å². The monoisotopic (exact) mass is 363 g/mol. The van der Waals surface area contributed by atoms with Crippen molar-refractivity contribution in [1.82, 2.24) is 4.31 Å².